The van der Waals surface area contributed by atoms with Crippen molar-refractivity contribution < 1.29 is 32.5 Å². The molecule has 0 heterocycles. The number of hydrogen-bond acceptors (Lipinski definition) is 5. The normalized spacial score (nSPS) is 15.8. The van der Waals surface area contributed by atoms with Crippen LogP contribution in [0.1, 0.15) is 74.5 Å². The second kappa shape index (κ2) is 13.1. The fourth-order valence-corrected chi connectivity index (χ4v) is 5.38. The van der Waals surface area contributed by atoms with Crippen LogP contribution in [0.2, 0.25) is 0 Å². The van der Waals surface area contributed by atoms with Crippen LogP contribution >= 0.6 is 0 Å². The zero-order chi connectivity index (χ0) is 27.9. The van der Waals surface area contributed by atoms with Gasteiger partial charge in [-0.25, -0.2) is 0 Å². The van der Waals surface area contributed by atoms with Crippen LogP contribution in [0.4, 0.5) is 13.2 Å². The molecule has 0 aromatic heterocycles. The molecule has 8 heteroatoms. The fourth-order valence-electron chi connectivity index (χ4n) is 5.38. The Morgan fingerprint density at radius 2 is 1.76 bits per heavy atom. The number of carbonyl (C=O) groups is 1. The maximum absolute atomic E-state index is 13.7. The molecule has 2 aromatic rings. The zero-order valence-corrected chi connectivity index (χ0v) is 22.7. The van der Waals surface area contributed by atoms with Crippen LogP contribution < -0.4 is 5.32 Å². The van der Waals surface area contributed by atoms with Crippen LogP contribution in [0.5, 0.6) is 0 Å². The molecule has 2 N–H and O–H groups in total. The minimum absolute atomic E-state index is 0.0202. The van der Waals surface area contributed by atoms with Crippen LogP contribution in [0.15, 0.2) is 42.5 Å². The van der Waals surface area contributed by atoms with E-state index in [0.29, 0.717) is 18.0 Å². The highest BCUT2D eigenvalue weighted by Crippen LogP contribution is 2.36. The number of β-amino-alcohol motifs (C(OH)–C–C–N with tert-alkyl or cyclic N) is 1. The fraction of sp³-hybridized carbons (Fsp3) is 0.567. The number of benzene rings is 2. The van der Waals surface area contributed by atoms with E-state index in [0.717, 1.165) is 25.3 Å². The summed E-state index contributed by atoms with van der Waals surface area (Å²) in [6.45, 7) is 7.98. The van der Waals surface area contributed by atoms with Gasteiger partial charge in [-0.2, -0.15) is 13.2 Å². The monoisotopic (exact) mass is 535 g/mol. The van der Waals surface area contributed by atoms with E-state index in [1.807, 2.05) is 0 Å². The first-order valence-corrected chi connectivity index (χ1v) is 13.4. The van der Waals surface area contributed by atoms with E-state index >= 15 is 0 Å². The minimum atomic E-state index is -4.56. The largest absolute Gasteiger partial charge is 0.466 e. The van der Waals surface area contributed by atoms with Crippen molar-refractivity contribution in [1.29, 1.82) is 0 Å². The molecule has 0 saturated carbocycles. The number of alkyl halides is 3. The molecular formula is C30H40F3NO4. The number of halogens is 3. The van der Waals surface area contributed by atoms with E-state index in [1.165, 1.54) is 17.2 Å². The lowest BCUT2D eigenvalue weighted by Crippen LogP contribution is -2.45. The van der Waals surface area contributed by atoms with Gasteiger partial charge in [0.2, 0.25) is 0 Å². The molecule has 0 fully saturated rings. The van der Waals surface area contributed by atoms with Gasteiger partial charge in [0.05, 0.1) is 31.0 Å². The number of fused-ring (bicyclic) bond motifs is 1. The number of aliphatic hydroxyl groups is 1. The summed E-state index contributed by atoms with van der Waals surface area (Å²) >= 11 is 0. The Hall–Kier alpha value is -2.42. The SMILES string of the molecule is CCOC(=O)CCc1c([C@@H](C)OC[C@@H](O)CNC(C)(C)CC2Cc3ccccc3C2)cccc1C(F)(F)F. The Morgan fingerprint density at radius 1 is 1.11 bits per heavy atom. The smallest absolute Gasteiger partial charge is 0.416 e. The van der Waals surface area contributed by atoms with Crippen molar-refractivity contribution in [2.75, 3.05) is 19.8 Å². The molecule has 0 bridgehead atoms. The summed E-state index contributed by atoms with van der Waals surface area (Å²) in [5.74, 6) is -0.00755. The van der Waals surface area contributed by atoms with Crippen molar-refractivity contribution in [3.63, 3.8) is 0 Å². The lowest BCUT2D eigenvalue weighted by molar-refractivity contribution is -0.144. The summed E-state index contributed by atoms with van der Waals surface area (Å²) in [6, 6.07) is 12.5. The van der Waals surface area contributed by atoms with Crippen LogP contribution in [0, 0.1) is 5.92 Å². The van der Waals surface area contributed by atoms with E-state index in [2.05, 4.69) is 43.4 Å². The van der Waals surface area contributed by atoms with Gasteiger partial charge in [-0.1, -0.05) is 36.4 Å². The number of nitrogens with one attached hydrogen (secondary N) is 1. The highest BCUT2D eigenvalue weighted by atomic mass is 19.4. The molecule has 0 radical (unpaired) electrons. The van der Waals surface area contributed by atoms with Crippen LogP contribution in [-0.4, -0.2) is 42.5 Å². The third-order valence-corrected chi connectivity index (χ3v) is 7.13. The van der Waals surface area contributed by atoms with E-state index in [-0.39, 0.29) is 37.2 Å². The maximum Gasteiger partial charge on any atom is 0.416 e. The standard InChI is InChI=1S/C30H40F3NO4/c1-5-37-28(36)14-13-26-25(11-8-12-27(26)30(31,32)33)20(2)38-19-24(35)18-34-29(3,4)17-21-15-22-9-6-7-10-23(22)16-21/h6-12,20-21,24,34-35H,5,13-19H2,1-4H3/t20-,24+/m1/s1. The summed E-state index contributed by atoms with van der Waals surface area (Å²) in [5, 5.41) is 14.0. The van der Waals surface area contributed by atoms with Gasteiger partial charge in [-0.15, -0.1) is 0 Å². The number of aliphatic hydroxyl groups excluding tert-OH is 1. The molecule has 0 spiro atoms. The average Bonchev–Trinajstić information content (AvgIpc) is 3.25. The Morgan fingerprint density at radius 3 is 2.37 bits per heavy atom. The average molecular weight is 536 g/mol. The second-order valence-electron chi connectivity index (χ2n) is 10.8. The third-order valence-electron chi connectivity index (χ3n) is 7.13. The minimum Gasteiger partial charge on any atom is -0.466 e. The Kier molecular flexibility index (Phi) is 10.4. The first-order valence-electron chi connectivity index (χ1n) is 13.4. The van der Waals surface area contributed by atoms with Gasteiger partial charge in [-0.05, 0) is 87.6 Å². The molecule has 2 aromatic carbocycles. The molecular weight excluding hydrogens is 495 g/mol. The number of rotatable bonds is 13. The van der Waals surface area contributed by atoms with Gasteiger partial charge in [0.25, 0.3) is 0 Å². The first kappa shape index (κ1) is 30.1. The van der Waals surface area contributed by atoms with Crippen LogP contribution in [0.25, 0.3) is 0 Å². The van der Waals surface area contributed by atoms with Gasteiger partial charge in [0.15, 0.2) is 0 Å². The summed E-state index contributed by atoms with van der Waals surface area (Å²) < 4.78 is 51.8. The van der Waals surface area contributed by atoms with Crippen molar-refractivity contribution in [3.05, 3.63) is 70.3 Å². The molecule has 210 valence electrons. The van der Waals surface area contributed by atoms with E-state index in [9.17, 15) is 23.1 Å². The molecule has 1 aliphatic carbocycles. The van der Waals surface area contributed by atoms with Crippen LogP contribution in [0.3, 0.4) is 0 Å². The predicted octanol–water partition coefficient (Wildman–Crippen LogP) is 5.81. The van der Waals surface area contributed by atoms with Crippen molar-refractivity contribution >= 4 is 5.97 Å². The second-order valence-corrected chi connectivity index (χ2v) is 10.8. The quantitative estimate of drug-likeness (QED) is 0.317. The van der Waals surface area contributed by atoms with Crippen molar-refractivity contribution in [2.24, 2.45) is 5.92 Å². The van der Waals surface area contributed by atoms with Gasteiger partial charge >= 0.3 is 12.1 Å². The first-order chi connectivity index (χ1) is 17.9. The lowest BCUT2D eigenvalue weighted by atomic mass is 9.88. The number of hydrogen-bond donors (Lipinski definition) is 2. The Balaban J connectivity index is 1.54. The molecule has 2 atom stereocenters. The van der Waals surface area contributed by atoms with Crippen molar-refractivity contribution in [1.82, 2.24) is 5.32 Å². The molecule has 38 heavy (non-hydrogen) atoms. The number of esters is 1. The summed E-state index contributed by atoms with van der Waals surface area (Å²) in [6.07, 6.45) is -3.29. The van der Waals surface area contributed by atoms with E-state index in [4.69, 9.17) is 9.47 Å². The molecule has 0 unspecified atom stereocenters. The van der Waals surface area contributed by atoms with Gasteiger partial charge in [0.1, 0.15) is 0 Å². The summed E-state index contributed by atoms with van der Waals surface area (Å²) in [5.41, 5.74) is 2.21. The molecule has 0 aliphatic heterocycles. The van der Waals surface area contributed by atoms with Gasteiger partial charge in [-0.3, -0.25) is 4.79 Å². The molecule has 0 saturated heterocycles. The summed E-state index contributed by atoms with van der Waals surface area (Å²) in [4.78, 5) is 11.8. The molecule has 1 aliphatic rings. The van der Waals surface area contributed by atoms with E-state index in [1.54, 1.807) is 19.9 Å². The van der Waals surface area contributed by atoms with Crippen LogP contribution in [-0.2, 0) is 39.7 Å². The predicted molar refractivity (Wildman–Crippen MR) is 141 cm³/mol. The highest BCUT2D eigenvalue weighted by molar-refractivity contribution is 5.69. The molecule has 5 nitrogen and oxygen atoms in total. The summed E-state index contributed by atoms with van der Waals surface area (Å²) in [7, 11) is 0. The molecule has 3 rings (SSSR count). The molecule has 0 amide bonds. The Labute approximate surface area is 223 Å². The number of ether oxygens (including phenoxy) is 2. The number of carbonyl (C=O) groups excluding carboxylic acids is 1. The maximum atomic E-state index is 13.7. The lowest BCUT2D eigenvalue weighted by Gasteiger charge is -2.31. The van der Waals surface area contributed by atoms with E-state index < -0.39 is 29.9 Å². The van der Waals surface area contributed by atoms with Crippen molar-refractivity contribution in [3.8, 4) is 0 Å². The van der Waals surface area contributed by atoms with Gasteiger partial charge in [0, 0.05) is 18.5 Å². The third kappa shape index (κ3) is 8.55. The topological polar surface area (TPSA) is 67.8 Å². The zero-order valence-electron chi connectivity index (χ0n) is 22.7. The van der Waals surface area contributed by atoms with Gasteiger partial charge < -0.3 is 19.9 Å². The highest BCUT2D eigenvalue weighted by Gasteiger charge is 2.35. The Bertz CT molecular complexity index is 1040. The van der Waals surface area contributed by atoms with Crippen molar-refractivity contribution in [2.45, 2.75) is 83.7 Å².